The van der Waals surface area contributed by atoms with Gasteiger partial charge in [0.2, 0.25) is 0 Å². The van der Waals surface area contributed by atoms with E-state index in [1.54, 1.807) is 10.9 Å². The summed E-state index contributed by atoms with van der Waals surface area (Å²) in [6, 6.07) is 0. The average molecular weight is 293 g/mol. The molecule has 1 aliphatic carbocycles. The molecular formula is C15H23N3O3. The molecule has 0 atom stereocenters. The zero-order chi connectivity index (χ0) is 15.5. The summed E-state index contributed by atoms with van der Waals surface area (Å²) < 4.78 is 1.65. The van der Waals surface area contributed by atoms with Gasteiger partial charge in [-0.05, 0) is 38.5 Å². The Labute approximate surface area is 124 Å². The zero-order valence-electron chi connectivity index (χ0n) is 12.6. The molecule has 0 radical (unpaired) electrons. The first-order valence-electron chi connectivity index (χ1n) is 7.59. The molecule has 0 saturated heterocycles. The lowest BCUT2D eigenvalue weighted by Gasteiger charge is -2.37. The summed E-state index contributed by atoms with van der Waals surface area (Å²) in [5, 5.41) is 16.3. The summed E-state index contributed by atoms with van der Waals surface area (Å²) in [5.74, 6) is -0.724. The average Bonchev–Trinajstić information content (AvgIpc) is 2.97. The Morgan fingerprint density at radius 3 is 2.57 bits per heavy atom. The van der Waals surface area contributed by atoms with Crippen molar-refractivity contribution in [1.29, 1.82) is 0 Å². The quantitative estimate of drug-likeness (QED) is 0.870. The highest BCUT2D eigenvalue weighted by Crippen LogP contribution is 2.34. The zero-order valence-corrected chi connectivity index (χ0v) is 12.6. The molecule has 0 spiro atoms. The van der Waals surface area contributed by atoms with Gasteiger partial charge in [0.1, 0.15) is 5.54 Å². The van der Waals surface area contributed by atoms with Crippen LogP contribution in [0.2, 0.25) is 0 Å². The number of nitrogens with zero attached hydrogens (tertiary/aromatic N) is 2. The Kier molecular flexibility index (Phi) is 4.65. The summed E-state index contributed by atoms with van der Waals surface area (Å²) in [6.07, 6.45) is 6.86. The van der Waals surface area contributed by atoms with E-state index in [9.17, 15) is 14.7 Å². The van der Waals surface area contributed by atoms with Crippen LogP contribution >= 0.6 is 0 Å². The second-order valence-electron chi connectivity index (χ2n) is 5.78. The van der Waals surface area contributed by atoms with Crippen molar-refractivity contribution in [3.05, 3.63) is 18.0 Å². The summed E-state index contributed by atoms with van der Waals surface area (Å²) in [6.45, 7) is 4.73. The van der Waals surface area contributed by atoms with Crippen LogP contribution in [-0.4, -0.2) is 32.3 Å². The van der Waals surface area contributed by atoms with Gasteiger partial charge in [0.05, 0.1) is 11.8 Å². The number of aromatic nitrogens is 2. The van der Waals surface area contributed by atoms with Gasteiger partial charge < -0.3 is 10.4 Å². The summed E-state index contributed by atoms with van der Waals surface area (Å²) >= 11 is 0. The third kappa shape index (κ3) is 3.25. The molecule has 0 aliphatic heterocycles. The molecule has 1 heterocycles. The van der Waals surface area contributed by atoms with Crippen LogP contribution < -0.4 is 5.32 Å². The molecule has 1 saturated carbocycles. The van der Waals surface area contributed by atoms with Crippen LogP contribution in [-0.2, 0) is 11.3 Å². The molecular weight excluding hydrogens is 270 g/mol. The minimum absolute atomic E-state index is 0.355. The Bertz CT molecular complexity index is 516. The number of nitrogens with one attached hydrogen (secondary N) is 1. The number of carbonyl (C=O) groups is 2. The first kappa shape index (κ1) is 15.5. The molecule has 1 fully saturated rings. The molecule has 2 N–H and O–H groups in total. The number of aliphatic carboxylic acids is 1. The molecule has 6 heteroatoms. The van der Waals surface area contributed by atoms with Gasteiger partial charge in [-0.2, -0.15) is 5.10 Å². The number of hydrogen-bond acceptors (Lipinski definition) is 3. The van der Waals surface area contributed by atoms with E-state index in [1.807, 2.05) is 6.92 Å². The molecule has 0 bridgehead atoms. The fraction of sp³-hybridized carbons (Fsp3) is 0.667. The lowest BCUT2D eigenvalue weighted by molar-refractivity contribution is -0.146. The molecule has 1 aromatic heterocycles. The Morgan fingerprint density at radius 1 is 1.43 bits per heavy atom. The number of hydrogen-bond donors (Lipinski definition) is 2. The highest BCUT2D eigenvalue weighted by Gasteiger charge is 2.43. The molecule has 21 heavy (non-hydrogen) atoms. The van der Waals surface area contributed by atoms with Crippen LogP contribution in [0.5, 0.6) is 0 Å². The first-order valence-corrected chi connectivity index (χ1v) is 7.59. The van der Waals surface area contributed by atoms with Crippen molar-refractivity contribution in [3.8, 4) is 0 Å². The van der Waals surface area contributed by atoms with Crippen LogP contribution in [0.4, 0.5) is 0 Å². The standard InChI is InChI=1S/C15H23N3O3/c1-3-11-5-7-15(8-6-11,14(20)21)17-13(19)12-9-16-18(4-2)10-12/h9-11H,3-8H2,1-2H3,(H,17,19)(H,20,21). The fourth-order valence-corrected chi connectivity index (χ4v) is 2.91. The molecule has 0 aromatic carbocycles. The summed E-state index contributed by atoms with van der Waals surface area (Å²) in [7, 11) is 0. The lowest BCUT2D eigenvalue weighted by Crippen LogP contribution is -2.56. The number of amides is 1. The number of carboxylic acids is 1. The second-order valence-corrected chi connectivity index (χ2v) is 5.78. The van der Waals surface area contributed by atoms with E-state index in [0.717, 1.165) is 19.3 Å². The van der Waals surface area contributed by atoms with Gasteiger partial charge >= 0.3 is 5.97 Å². The predicted octanol–water partition coefficient (Wildman–Crippen LogP) is 2.06. The molecule has 1 aromatic rings. The third-order valence-electron chi connectivity index (χ3n) is 4.52. The van der Waals surface area contributed by atoms with E-state index < -0.39 is 11.5 Å². The van der Waals surface area contributed by atoms with Crippen LogP contribution in [0.15, 0.2) is 12.4 Å². The van der Waals surface area contributed by atoms with Crippen molar-refractivity contribution in [2.24, 2.45) is 5.92 Å². The van der Waals surface area contributed by atoms with Gasteiger partial charge in [-0.25, -0.2) is 4.79 Å². The van der Waals surface area contributed by atoms with E-state index in [4.69, 9.17) is 0 Å². The van der Waals surface area contributed by atoms with Gasteiger partial charge in [-0.15, -0.1) is 0 Å². The minimum atomic E-state index is -1.13. The van der Waals surface area contributed by atoms with Crippen molar-refractivity contribution in [1.82, 2.24) is 15.1 Å². The third-order valence-corrected chi connectivity index (χ3v) is 4.52. The van der Waals surface area contributed by atoms with Crippen molar-refractivity contribution in [2.75, 3.05) is 0 Å². The van der Waals surface area contributed by atoms with Crippen LogP contribution in [0.25, 0.3) is 0 Å². The van der Waals surface area contributed by atoms with Gasteiger partial charge in [-0.3, -0.25) is 9.48 Å². The summed E-state index contributed by atoms with van der Waals surface area (Å²) in [4.78, 5) is 23.9. The summed E-state index contributed by atoms with van der Waals surface area (Å²) in [5.41, 5.74) is -0.716. The van der Waals surface area contributed by atoms with Gasteiger partial charge in [0.25, 0.3) is 5.91 Å². The van der Waals surface area contributed by atoms with Crippen LogP contribution in [0.3, 0.4) is 0 Å². The van der Waals surface area contributed by atoms with Crippen LogP contribution in [0, 0.1) is 5.92 Å². The number of rotatable bonds is 5. The SMILES string of the molecule is CCC1CCC(NC(=O)c2cnn(CC)c2)(C(=O)O)CC1. The molecule has 6 nitrogen and oxygen atoms in total. The monoisotopic (exact) mass is 293 g/mol. The normalized spacial score (nSPS) is 25.5. The van der Waals surface area contributed by atoms with Gasteiger partial charge in [0, 0.05) is 12.7 Å². The lowest BCUT2D eigenvalue weighted by atomic mass is 9.75. The van der Waals surface area contributed by atoms with E-state index in [0.29, 0.717) is 30.9 Å². The largest absolute Gasteiger partial charge is 0.480 e. The molecule has 116 valence electrons. The molecule has 0 unspecified atom stereocenters. The Hall–Kier alpha value is -1.85. The molecule has 1 amide bonds. The minimum Gasteiger partial charge on any atom is -0.480 e. The number of carbonyl (C=O) groups excluding carboxylic acids is 1. The molecule has 1 aliphatic rings. The van der Waals surface area contributed by atoms with Crippen molar-refractivity contribution < 1.29 is 14.7 Å². The topological polar surface area (TPSA) is 84.2 Å². The maximum atomic E-state index is 12.3. The smallest absolute Gasteiger partial charge is 0.329 e. The predicted molar refractivity (Wildman–Crippen MR) is 78.0 cm³/mol. The van der Waals surface area contributed by atoms with E-state index in [1.165, 1.54) is 6.20 Å². The molecule has 2 rings (SSSR count). The van der Waals surface area contributed by atoms with Crippen molar-refractivity contribution in [2.45, 2.75) is 58.0 Å². The van der Waals surface area contributed by atoms with E-state index >= 15 is 0 Å². The van der Waals surface area contributed by atoms with Crippen LogP contribution in [0.1, 0.15) is 56.3 Å². The van der Waals surface area contributed by atoms with E-state index in [2.05, 4.69) is 17.3 Å². The Balaban J connectivity index is 2.09. The van der Waals surface area contributed by atoms with Crippen molar-refractivity contribution >= 4 is 11.9 Å². The maximum absolute atomic E-state index is 12.3. The van der Waals surface area contributed by atoms with Gasteiger partial charge in [0.15, 0.2) is 0 Å². The van der Waals surface area contributed by atoms with Crippen molar-refractivity contribution in [3.63, 3.8) is 0 Å². The maximum Gasteiger partial charge on any atom is 0.329 e. The second kappa shape index (κ2) is 6.28. The fourth-order valence-electron chi connectivity index (χ4n) is 2.91. The highest BCUT2D eigenvalue weighted by molar-refractivity contribution is 5.97. The number of carboxylic acid groups (broad SMARTS) is 1. The first-order chi connectivity index (χ1) is 10.0. The highest BCUT2D eigenvalue weighted by atomic mass is 16.4. The Morgan fingerprint density at radius 2 is 2.10 bits per heavy atom. The number of aryl methyl sites for hydroxylation is 1. The van der Waals surface area contributed by atoms with Gasteiger partial charge in [-0.1, -0.05) is 13.3 Å². The van der Waals surface area contributed by atoms with E-state index in [-0.39, 0.29) is 5.91 Å².